The molecule has 1 aromatic heterocycles. The molecule has 1 heterocycles. The van der Waals surface area contributed by atoms with Gasteiger partial charge >= 0.3 is 0 Å². The number of halogens is 1. The van der Waals surface area contributed by atoms with E-state index in [0.717, 1.165) is 11.1 Å². The van der Waals surface area contributed by atoms with Crippen molar-refractivity contribution in [3.8, 4) is 0 Å². The Bertz CT molecular complexity index is 905. The van der Waals surface area contributed by atoms with Crippen LogP contribution in [0.2, 0.25) is 5.02 Å². The molecule has 3 rings (SSSR count). The van der Waals surface area contributed by atoms with Gasteiger partial charge in [0.25, 0.3) is 5.56 Å². The minimum absolute atomic E-state index is 0.0312. The number of aromatic nitrogens is 1. The first-order valence-electron chi connectivity index (χ1n) is 7.89. The van der Waals surface area contributed by atoms with Gasteiger partial charge in [-0.2, -0.15) is 0 Å². The molecular weight excluding hydrogens is 336 g/mol. The maximum Gasteiger partial charge on any atom is 0.250 e. The zero-order valence-corrected chi connectivity index (χ0v) is 14.2. The monoisotopic (exact) mass is 352 g/mol. The molecule has 1 atom stereocenters. The first-order chi connectivity index (χ1) is 12.1. The molecule has 1 amide bonds. The van der Waals surface area contributed by atoms with E-state index in [4.69, 9.17) is 11.6 Å². The molecule has 0 aliphatic rings. The highest BCUT2D eigenvalue weighted by atomic mass is 35.5. The summed E-state index contributed by atoms with van der Waals surface area (Å²) >= 11 is 5.97. The smallest absolute Gasteiger partial charge is 0.250 e. The number of carbonyl (C=O) groups is 1. The van der Waals surface area contributed by atoms with Crippen molar-refractivity contribution in [1.82, 2.24) is 9.88 Å². The average molecular weight is 353 g/mol. The summed E-state index contributed by atoms with van der Waals surface area (Å²) in [6.45, 7) is -0.0312. The topological polar surface area (TPSA) is 51.1 Å². The van der Waals surface area contributed by atoms with E-state index in [1.807, 2.05) is 42.5 Å². The van der Waals surface area contributed by atoms with Crippen LogP contribution < -0.4 is 10.9 Å². The number of pyridine rings is 1. The molecular formula is C20H17ClN2O2. The summed E-state index contributed by atoms with van der Waals surface area (Å²) in [4.78, 5) is 24.3. The zero-order valence-electron chi connectivity index (χ0n) is 13.4. The van der Waals surface area contributed by atoms with Gasteiger partial charge in [-0.15, -0.1) is 0 Å². The standard InChI is InChI=1S/C20H17ClN2O2/c21-17-11-9-16(10-12-17)20(15-6-2-1-3-7-15)22-18(24)14-23-13-5-4-8-19(23)25/h1-13,20H,14H2,(H,22,24). The highest BCUT2D eigenvalue weighted by Crippen LogP contribution is 2.23. The Balaban J connectivity index is 1.85. The summed E-state index contributed by atoms with van der Waals surface area (Å²) in [5.74, 6) is -0.239. The lowest BCUT2D eigenvalue weighted by molar-refractivity contribution is -0.122. The molecule has 0 aliphatic carbocycles. The Morgan fingerprint density at radius 1 is 0.920 bits per heavy atom. The van der Waals surface area contributed by atoms with Crippen LogP contribution in [-0.2, 0) is 11.3 Å². The zero-order chi connectivity index (χ0) is 17.6. The molecule has 3 aromatic rings. The van der Waals surface area contributed by atoms with Gasteiger partial charge in [0.2, 0.25) is 5.91 Å². The largest absolute Gasteiger partial charge is 0.344 e. The second kappa shape index (κ2) is 7.81. The molecule has 2 aromatic carbocycles. The van der Waals surface area contributed by atoms with Gasteiger partial charge in [-0.1, -0.05) is 60.1 Å². The van der Waals surface area contributed by atoms with Crippen molar-refractivity contribution < 1.29 is 4.79 Å². The minimum Gasteiger partial charge on any atom is -0.344 e. The van der Waals surface area contributed by atoms with Crippen LogP contribution in [0.1, 0.15) is 17.2 Å². The van der Waals surface area contributed by atoms with E-state index in [2.05, 4.69) is 5.32 Å². The molecule has 4 nitrogen and oxygen atoms in total. The Morgan fingerprint density at radius 2 is 1.56 bits per heavy atom. The van der Waals surface area contributed by atoms with Gasteiger partial charge in [0, 0.05) is 17.3 Å². The maximum absolute atomic E-state index is 12.5. The van der Waals surface area contributed by atoms with Crippen LogP contribution in [0, 0.1) is 0 Å². The van der Waals surface area contributed by atoms with Crippen molar-refractivity contribution in [3.05, 3.63) is 105 Å². The van der Waals surface area contributed by atoms with Crippen LogP contribution in [-0.4, -0.2) is 10.5 Å². The first kappa shape index (κ1) is 17.0. The Morgan fingerprint density at radius 3 is 2.24 bits per heavy atom. The number of hydrogen-bond acceptors (Lipinski definition) is 2. The second-order valence-corrected chi connectivity index (χ2v) is 6.07. The van der Waals surface area contributed by atoms with Crippen molar-refractivity contribution >= 4 is 17.5 Å². The third kappa shape index (κ3) is 4.37. The summed E-state index contributed by atoms with van der Waals surface area (Å²) in [6, 6.07) is 21.5. The van der Waals surface area contributed by atoms with Crippen LogP contribution in [0.25, 0.3) is 0 Å². The minimum atomic E-state index is -0.314. The lowest BCUT2D eigenvalue weighted by Crippen LogP contribution is -2.34. The van der Waals surface area contributed by atoms with E-state index in [1.165, 1.54) is 10.6 Å². The molecule has 0 bridgehead atoms. The molecule has 0 radical (unpaired) electrons. The van der Waals surface area contributed by atoms with E-state index in [9.17, 15) is 9.59 Å². The number of benzene rings is 2. The molecule has 0 saturated heterocycles. The van der Waals surface area contributed by atoms with E-state index in [1.54, 1.807) is 30.5 Å². The molecule has 0 aliphatic heterocycles. The highest BCUT2D eigenvalue weighted by molar-refractivity contribution is 6.30. The number of rotatable bonds is 5. The summed E-state index contributed by atoms with van der Waals surface area (Å²) in [5, 5.41) is 3.64. The quantitative estimate of drug-likeness (QED) is 0.765. The Kier molecular flexibility index (Phi) is 5.31. The maximum atomic E-state index is 12.5. The van der Waals surface area contributed by atoms with Crippen molar-refractivity contribution in [2.75, 3.05) is 0 Å². The SMILES string of the molecule is O=C(Cn1ccccc1=O)NC(c1ccccc1)c1ccc(Cl)cc1. The number of nitrogens with one attached hydrogen (secondary N) is 1. The predicted octanol–water partition coefficient (Wildman–Crippen LogP) is 3.41. The van der Waals surface area contributed by atoms with E-state index in [-0.39, 0.29) is 24.1 Å². The molecule has 25 heavy (non-hydrogen) atoms. The van der Waals surface area contributed by atoms with Crippen molar-refractivity contribution in [2.24, 2.45) is 0 Å². The Labute approximate surface area is 150 Å². The molecule has 0 saturated carbocycles. The third-order valence-electron chi connectivity index (χ3n) is 3.85. The van der Waals surface area contributed by atoms with Crippen molar-refractivity contribution in [1.29, 1.82) is 0 Å². The van der Waals surface area contributed by atoms with E-state index < -0.39 is 0 Å². The van der Waals surface area contributed by atoms with Crippen molar-refractivity contribution in [2.45, 2.75) is 12.6 Å². The van der Waals surface area contributed by atoms with Crippen LogP contribution in [0.15, 0.2) is 83.8 Å². The van der Waals surface area contributed by atoms with E-state index in [0.29, 0.717) is 5.02 Å². The van der Waals surface area contributed by atoms with Crippen LogP contribution in [0.3, 0.4) is 0 Å². The number of nitrogens with zero attached hydrogens (tertiary/aromatic N) is 1. The molecule has 0 spiro atoms. The van der Waals surface area contributed by atoms with Gasteiger partial charge in [-0.05, 0) is 29.3 Å². The van der Waals surface area contributed by atoms with Gasteiger partial charge in [0.1, 0.15) is 6.54 Å². The fraction of sp³-hybridized carbons (Fsp3) is 0.100. The summed E-state index contributed by atoms with van der Waals surface area (Å²) < 4.78 is 1.37. The van der Waals surface area contributed by atoms with Gasteiger partial charge in [0.15, 0.2) is 0 Å². The molecule has 5 heteroatoms. The van der Waals surface area contributed by atoms with Gasteiger partial charge in [-0.25, -0.2) is 0 Å². The lowest BCUT2D eigenvalue weighted by Gasteiger charge is -2.20. The first-order valence-corrected chi connectivity index (χ1v) is 8.26. The Hall–Kier alpha value is -2.85. The van der Waals surface area contributed by atoms with Gasteiger partial charge in [-0.3, -0.25) is 9.59 Å². The van der Waals surface area contributed by atoms with Crippen LogP contribution >= 0.6 is 11.6 Å². The number of amides is 1. The number of carbonyl (C=O) groups excluding carboxylic acids is 1. The predicted molar refractivity (Wildman–Crippen MR) is 98.6 cm³/mol. The summed E-state index contributed by atoms with van der Waals surface area (Å²) in [6.07, 6.45) is 1.60. The number of hydrogen-bond donors (Lipinski definition) is 1. The highest BCUT2D eigenvalue weighted by Gasteiger charge is 2.17. The third-order valence-corrected chi connectivity index (χ3v) is 4.11. The average Bonchev–Trinajstić information content (AvgIpc) is 2.63. The molecule has 1 unspecified atom stereocenters. The molecule has 1 N–H and O–H groups in total. The van der Waals surface area contributed by atoms with Crippen molar-refractivity contribution in [3.63, 3.8) is 0 Å². The van der Waals surface area contributed by atoms with Gasteiger partial charge < -0.3 is 9.88 Å². The summed E-state index contributed by atoms with van der Waals surface area (Å²) in [5.41, 5.74) is 1.67. The van der Waals surface area contributed by atoms with Crippen LogP contribution in [0.4, 0.5) is 0 Å². The summed E-state index contributed by atoms with van der Waals surface area (Å²) in [7, 11) is 0. The molecule has 0 fully saturated rings. The normalized spacial score (nSPS) is 11.7. The van der Waals surface area contributed by atoms with Gasteiger partial charge in [0.05, 0.1) is 6.04 Å². The fourth-order valence-corrected chi connectivity index (χ4v) is 2.74. The molecule has 126 valence electrons. The lowest BCUT2D eigenvalue weighted by atomic mass is 9.98. The van der Waals surface area contributed by atoms with E-state index >= 15 is 0 Å². The second-order valence-electron chi connectivity index (χ2n) is 5.63. The van der Waals surface area contributed by atoms with Crippen LogP contribution in [0.5, 0.6) is 0 Å². The fourth-order valence-electron chi connectivity index (χ4n) is 2.61.